The monoisotopic (exact) mass is 484 g/mol. The number of hydrogen-bond acceptors (Lipinski definition) is 5. The summed E-state index contributed by atoms with van der Waals surface area (Å²) in [5, 5.41) is 0. The summed E-state index contributed by atoms with van der Waals surface area (Å²) in [6.45, 7) is 5.18. The maximum absolute atomic E-state index is 13.1. The Kier molecular flexibility index (Phi) is 6.95. The maximum atomic E-state index is 13.1. The summed E-state index contributed by atoms with van der Waals surface area (Å²) >= 11 is 0. The zero-order valence-electron chi connectivity index (χ0n) is 20.2. The second kappa shape index (κ2) is 9.76. The molecule has 0 bridgehead atoms. The smallest absolute Gasteiger partial charge is 0.243 e. The molecule has 4 rings (SSSR count). The van der Waals surface area contributed by atoms with E-state index in [-0.39, 0.29) is 10.8 Å². The Morgan fingerprint density at radius 2 is 1.91 bits per heavy atom. The van der Waals surface area contributed by atoms with Gasteiger partial charge in [0.25, 0.3) is 0 Å². The van der Waals surface area contributed by atoms with Gasteiger partial charge in [-0.3, -0.25) is 4.79 Å². The molecule has 34 heavy (non-hydrogen) atoms. The number of aromatic nitrogens is 2. The molecule has 0 unspecified atom stereocenters. The van der Waals surface area contributed by atoms with Crippen LogP contribution in [-0.4, -0.2) is 54.9 Å². The van der Waals surface area contributed by atoms with E-state index in [1.54, 1.807) is 25.3 Å². The van der Waals surface area contributed by atoms with E-state index in [1.165, 1.54) is 4.31 Å². The fourth-order valence-corrected chi connectivity index (χ4v) is 6.12. The van der Waals surface area contributed by atoms with Crippen molar-refractivity contribution in [3.63, 3.8) is 0 Å². The van der Waals surface area contributed by atoms with Gasteiger partial charge in [-0.05, 0) is 54.8 Å². The van der Waals surface area contributed by atoms with Gasteiger partial charge in [-0.15, -0.1) is 0 Å². The molecule has 3 aromatic rings. The highest BCUT2D eigenvalue weighted by Crippen LogP contribution is 2.31. The molecule has 182 valence electrons. The van der Waals surface area contributed by atoms with Crippen molar-refractivity contribution >= 4 is 32.7 Å². The van der Waals surface area contributed by atoms with Crippen LogP contribution in [0, 0.1) is 0 Å². The number of carbonyl (C=O) groups is 1. The molecule has 0 saturated carbocycles. The first-order chi connectivity index (χ1) is 16.3. The lowest BCUT2D eigenvalue weighted by atomic mass is 10.0. The molecule has 0 fully saturated rings. The van der Waals surface area contributed by atoms with Crippen molar-refractivity contribution in [3.05, 3.63) is 47.8 Å². The van der Waals surface area contributed by atoms with E-state index in [4.69, 9.17) is 4.74 Å². The van der Waals surface area contributed by atoms with E-state index in [0.29, 0.717) is 38.0 Å². The average molecular weight is 485 g/mol. The van der Waals surface area contributed by atoms with Gasteiger partial charge in [0.05, 0.1) is 23.0 Å². The van der Waals surface area contributed by atoms with Crippen molar-refractivity contribution in [1.82, 2.24) is 13.9 Å². The molecule has 1 aromatic heterocycles. The number of methoxy groups -OCH3 is 1. The van der Waals surface area contributed by atoms with Gasteiger partial charge in [0.15, 0.2) is 0 Å². The zero-order valence-corrected chi connectivity index (χ0v) is 21.1. The van der Waals surface area contributed by atoms with Gasteiger partial charge in [0.2, 0.25) is 15.9 Å². The standard InChI is InChI=1S/C25H32N4O4S/c1-5-28(6-2)34(31,32)20-10-12-23-21(17-20)26-24(27(23)3)13-14-25(30)29-15-7-8-18-16-19(33-4)9-11-22(18)29/h9-12,16-17H,5-8,13-15H2,1-4H3. The number of benzene rings is 2. The van der Waals surface area contributed by atoms with Crippen LogP contribution in [0.3, 0.4) is 0 Å². The van der Waals surface area contributed by atoms with Crippen LogP contribution in [0.25, 0.3) is 11.0 Å². The van der Waals surface area contributed by atoms with E-state index >= 15 is 0 Å². The van der Waals surface area contributed by atoms with Gasteiger partial charge in [-0.1, -0.05) is 13.8 Å². The number of nitrogens with zero attached hydrogens (tertiary/aromatic N) is 4. The van der Waals surface area contributed by atoms with Gasteiger partial charge in [-0.2, -0.15) is 4.31 Å². The van der Waals surface area contributed by atoms with Crippen LogP contribution in [0.4, 0.5) is 5.69 Å². The molecule has 8 nitrogen and oxygen atoms in total. The second-order valence-electron chi connectivity index (χ2n) is 8.47. The number of rotatable bonds is 8. The molecule has 0 atom stereocenters. The van der Waals surface area contributed by atoms with Gasteiger partial charge >= 0.3 is 0 Å². The second-order valence-corrected chi connectivity index (χ2v) is 10.4. The molecule has 2 heterocycles. The number of fused-ring (bicyclic) bond motifs is 2. The first-order valence-corrected chi connectivity index (χ1v) is 13.2. The molecular weight excluding hydrogens is 452 g/mol. The Bertz CT molecular complexity index is 1310. The van der Waals surface area contributed by atoms with Crippen LogP contribution in [0.5, 0.6) is 5.75 Å². The lowest BCUT2D eigenvalue weighted by molar-refractivity contribution is -0.118. The summed E-state index contributed by atoms with van der Waals surface area (Å²) in [5.74, 6) is 1.62. The van der Waals surface area contributed by atoms with E-state index in [1.807, 2.05) is 48.6 Å². The Balaban J connectivity index is 1.53. The average Bonchev–Trinajstić information content (AvgIpc) is 3.17. The molecule has 1 aliphatic rings. The quantitative estimate of drug-likeness (QED) is 0.488. The predicted molar refractivity (Wildman–Crippen MR) is 133 cm³/mol. The van der Waals surface area contributed by atoms with Crippen molar-refractivity contribution in [2.24, 2.45) is 7.05 Å². The summed E-state index contributed by atoms with van der Waals surface area (Å²) in [6, 6.07) is 10.9. The van der Waals surface area contributed by atoms with E-state index in [0.717, 1.165) is 41.2 Å². The highest BCUT2D eigenvalue weighted by molar-refractivity contribution is 7.89. The third-order valence-electron chi connectivity index (χ3n) is 6.56. The molecule has 2 aromatic carbocycles. The number of anilines is 1. The SMILES string of the molecule is CCN(CC)S(=O)(=O)c1ccc2c(c1)nc(CCC(=O)N1CCCc3cc(OC)ccc31)n2C. The van der Waals surface area contributed by atoms with Crippen molar-refractivity contribution in [1.29, 1.82) is 0 Å². The van der Waals surface area contributed by atoms with Crippen molar-refractivity contribution in [2.75, 3.05) is 31.6 Å². The van der Waals surface area contributed by atoms with Gasteiger partial charge < -0.3 is 14.2 Å². The van der Waals surface area contributed by atoms with E-state index in [2.05, 4.69) is 4.98 Å². The number of ether oxygens (including phenoxy) is 1. The molecule has 0 N–H and O–H groups in total. The normalized spacial score (nSPS) is 14.0. The number of hydrogen-bond donors (Lipinski definition) is 0. The Labute approximate surface area is 201 Å². The Hall–Kier alpha value is -2.91. The summed E-state index contributed by atoms with van der Waals surface area (Å²) in [7, 11) is -0.0115. The minimum atomic E-state index is -3.56. The summed E-state index contributed by atoms with van der Waals surface area (Å²) in [6.07, 6.45) is 2.65. The number of imidazole rings is 1. The summed E-state index contributed by atoms with van der Waals surface area (Å²) in [5.41, 5.74) is 3.54. The van der Waals surface area contributed by atoms with Gasteiger partial charge in [-0.25, -0.2) is 13.4 Å². The Morgan fingerprint density at radius 1 is 1.15 bits per heavy atom. The van der Waals surface area contributed by atoms with Crippen molar-refractivity contribution in [3.8, 4) is 5.75 Å². The number of amides is 1. The largest absolute Gasteiger partial charge is 0.497 e. The van der Waals surface area contributed by atoms with Gasteiger partial charge in [0.1, 0.15) is 11.6 Å². The Morgan fingerprint density at radius 3 is 2.62 bits per heavy atom. The fourth-order valence-electron chi connectivity index (χ4n) is 4.64. The van der Waals surface area contributed by atoms with Crippen molar-refractivity contribution in [2.45, 2.75) is 44.4 Å². The lowest BCUT2D eigenvalue weighted by Gasteiger charge is -2.30. The minimum absolute atomic E-state index is 0.0583. The molecule has 1 aliphatic heterocycles. The summed E-state index contributed by atoms with van der Waals surface area (Å²) < 4.78 is 34.5. The molecule has 0 radical (unpaired) electrons. The van der Waals surface area contributed by atoms with E-state index < -0.39 is 10.0 Å². The van der Waals surface area contributed by atoms with Crippen LogP contribution in [0.1, 0.15) is 38.1 Å². The summed E-state index contributed by atoms with van der Waals surface area (Å²) in [4.78, 5) is 19.9. The van der Waals surface area contributed by atoms with Crippen LogP contribution < -0.4 is 9.64 Å². The predicted octanol–water partition coefficient (Wildman–Crippen LogP) is 3.52. The molecule has 0 spiro atoms. The molecule has 0 saturated heterocycles. The minimum Gasteiger partial charge on any atom is -0.497 e. The fraction of sp³-hybridized carbons (Fsp3) is 0.440. The lowest BCUT2D eigenvalue weighted by Crippen LogP contribution is -2.35. The number of sulfonamides is 1. The number of aryl methyl sites for hydroxylation is 3. The topological polar surface area (TPSA) is 84.7 Å². The third-order valence-corrected chi connectivity index (χ3v) is 8.60. The molecular formula is C25H32N4O4S. The first kappa shape index (κ1) is 24.2. The van der Waals surface area contributed by atoms with Crippen LogP contribution in [-0.2, 0) is 34.7 Å². The van der Waals surface area contributed by atoms with Gasteiger partial charge in [0, 0.05) is 45.2 Å². The molecule has 9 heteroatoms. The van der Waals surface area contributed by atoms with Crippen LogP contribution >= 0.6 is 0 Å². The maximum Gasteiger partial charge on any atom is 0.243 e. The highest BCUT2D eigenvalue weighted by Gasteiger charge is 2.25. The van der Waals surface area contributed by atoms with E-state index in [9.17, 15) is 13.2 Å². The third kappa shape index (κ3) is 4.42. The molecule has 1 amide bonds. The highest BCUT2D eigenvalue weighted by atomic mass is 32.2. The molecule has 0 aliphatic carbocycles. The van der Waals surface area contributed by atoms with Crippen LogP contribution in [0.2, 0.25) is 0 Å². The first-order valence-electron chi connectivity index (χ1n) is 11.7. The van der Waals surface area contributed by atoms with Crippen LogP contribution in [0.15, 0.2) is 41.3 Å². The number of carbonyl (C=O) groups excluding carboxylic acids is 1. The zero-order chi connectivity index (χ0) is 24.5. The van der Waals surface area contributed by atoms with Crippen molar-refractivity contribution < 1.29 is 17.9 Å².